The number of fused-ring (bicyclic) bond motifs is 3. The van der Waals surface area contributed by atoms with E-state index in [0.717, 1.165) is 11.0 Å². The standard InChI is InChI=1S/C26H14BrClFNO5/c27-13-5-3-4-12(10-13)21-19-20(25(34)30(24(19)33)14-8-9-18(29)17(28)11-14)26(35-21)22(31)15-6-1-2-7-16(15)23(26)32/h1-11,19-21H/t19-,20+,21-/m0/s1. The van der Waals surface area contributed by atoms with Gasteiger partial charge in [-0.15, -0.1) is 0 Å². The summed E-state index contributed by atoms with van der Waals surface area (Å²) in [5.41, 5.74) is -1.29. The van der Waals surface area contributed by atoms with Crippen molar-refractivity contribution in [2.24, 2.45) is 11.8 Å². The topological polar surface area (TPSA) is 80.8 Å². The minimum absolute atomic E-state index is 0.0550. The molecule has 3 aromatic rings. The summed E-state index contributed by atoms with van der Waals surface area (Å²) in [6.07, 6.45) is -1.04. The minimum atomic E-state index is -2.17. The summed E-state index contributed by atoms with van der Waals surface area (Å²) in [6, 6.07) is 16.7. The highest BCUT2D eigenvalue weighted by Gasteiger charge is 2.74. The average Bonchev–Trinajstić information content (AvgIpc) is 3.41. The van der Waals surface area contributed by atoms with E-state index in [1.807, 2.05) is 0 Å². The van der Waals surface area contributed by atoms with Gasteiger partial charge in [0.25, 0.3) is 0 Å². The van der Waals surface area contributed by atoms with Crippen molar-refractivity contribution >= 4 is 56.6 Å². The molecule has 0 bridgehead atoms. The Morgan fingerprint density at radius 2 is 1.57 bits per heavy atom. The number of hydrogen-bond donors (Lipinski definition) is 0. The Bertz CT molecular complexity index is 1460. The van der Waals surface area contributed by atoms with Gasteiger partial charge in [0, 0.05) is 15.6 Å². The molecule has 2 heterocycles. The Balaban J connectivity index is 1.55. The lowest BCUT2D eigenvalue weighted by Gasteiger charge is -2.27. The van der Waals surface area contributed by atoms with Gasteiger partial charge in [-0.3, -0.25) is 19.2 Å². The maximum Gasteiger partial charge on any atom is 0.241 e. The Morgan fingerprint density at radius 1 is 0.886 bits per heavy atom. The molecule has 2 amide bonds. The van der Waals surface area contributed by atoms with Gasteiger partial charge in [0.1, 0.15) is 5.82 Å². The van der Waals surface area contributed by atoms with E-state index in [0.29, 0.717) is 10.0 Å². The van der Waals surface area contributed by atoms with Crippen molar-refractivity contribution in [3.8, 4) is 0 Å². The van der Waals surface area contributed by atoms with E-state index < -0.39 is 52.7 Å². The molecule has 3 atom stereocenters. The van der Waals surface area contributed by atoms with Gasteiger partial charge in [-0.2, -0.15) is 0 Å². The molecule has 0 N–H and O–H groups in total. The van der Waals surface area contributed by atoms with Gasteiger partial charge >= 0.3 is 0 Å². The molecule has 2 saturated heterocycles. The first kappa shape index (κ1) is 22.3. The van der Waals surface area contributed by atoms with Gasteiger partial charge in [0.05, 0.1) is 28.6 Å². The predicted octanol–water partition coefficient (Wildman–Crippen LogP) is 4.94. The number of carbonyl (C=O) groups excluding carboxylic acids is 4. The first-order valence-electron chi connectivity index (χ1n) is 10.7. The smallest absolute Gasteiger partial charge is 0.241 e. The predicted molar refractivity (Wildman–Crippen MR) is 127 cm³/mol. The number of amides is 2. The van der Waals surface area contributed by atoms with Gasteiger partial charge < -0.3 is 4.74 Å². The van der Waals surface area contributed by atoms with Crippen molar-refractivity contribution in [2.75, 3.05) is 4.90 Å². The van der Waals surface area contributed by atoms with Gasteiger partial charge in [0.15, 0.2) is 0 Å². The van der Waals surface area contributed by atoms with Gasteiger partial charge in [-0.25, -0.2) is 9.29 Å². The van der Waals surface area contributed by atoms with Crippen LogP contribution in [0.2, 0.25) is 5.02 Å². The van der Waals surface area contributed by atoms with Crippen molar-refractivity contribution in [1.29, 1.82) is 0 Å². The average molecular weight is 555 g/mol. The molecule has 3 aromatic carbocycles. The molecule has 0 radical (unpaired) electrons. The van der Waals surface area contributed by atoms with E-state index >= 15 is 0 Å². The maximum absolute atomic E-state index is 13.8. The number of benzene rings is 3. The lowest BCUT2D eigenvalue weighted by Crippen LogP contribution is -2.51. The third kappa shape index (κ3) is 2.90. The highest BCUT2D eigenvalue weighted by molar-refractivity contribution is 9.10. The van der Waals surface area contributed by atoms with Crippen molar-refractivity contribution in [2.45, 2.75) is 11.7 Å². The molecule has 174 valence electrons. The number of anilines is 1. The summed E-state index contributed by atoms with van der Waals surface area (Å²) in [5.74, 6) is -5.97. The number of ether oxygens (including phenoxy) is 1. The van der Waals surface area contributed by atoms with Crippen LogP contribution in [0.25, 0.3) is 0 Å². The third-order valence-corrected chi connectivity index (χ3v) is 7.64. The van der Waals surface area contributed by atoms with Crippen LogP contribution in [-0.2, 0) is 14.3 Å². The largest absolute Gasteiger partial charge is 0.349 e. The Labute approximate surface area is 211 Å². The SMILES string of the molecule is O=C1[C@@H]2[C@H](c3cccc(Br)c3)OC3(C(=O)c4ccccc4C3=O)[C@H]2C(=O)N1c1ccc(F)c(Cl)c1. The summed E-state index contributed by atoms with van der Waals surface area (Å²) >= 11 is 9.31. The number of carbonyl (C=O) groups is 4. The molecule has 9 heteroatoms. The quantitative estimate of drug-likeness (QED) is 0.331. The van der Waals surface area contributed by atoms with Crippen LogP contribution in [0.4, 0.5) is 10.1 Å². The zero-order chi connectivity index (χ0) is 24.6. The van der Waals surface area contributed by atoms with E-state index in [4.69, 9.17) is 16.3 Å². The van der Waals surface area contributed by atoms with Crippen LogP contribution in [0.5, 0.6) is 0 Å². The molecule has 0 saturated carbocycles. The fourth-order valence-corrected chi connectivity index (χ4v) is 5.97. The number of imide groups is 1. The maximum atomic E-state index is 13.8. The summed E-state index contributed by atoms with van der Waals surface area (Å²) in [5, 5.41) is -0.268. The molecule has 2 aliphatic heterocycles. The highest BCUT2D eigenvalue weighted by Crippen LogP contribution is 2.57. The van der Waals surface area contributed by atoms with Crippen LogP contribution in [-0.4, -0.2) is 29.0 Å². The van der Waals surface area contributed by atoms with E-state index in [-0.39, 0.29) is 21.8 Å². The zero-order valence-corrected chi connectivity index (χ0v) is 20.0. The molecule has 6 rings (SSSR count). The summed E-state index contributed by atoms with van der Waals surface area (Å²) in [6.45, 7) is 0. The van der Waals surface area contributed by atoms with Crippen LogP contribution in [0.15, 0.2) is 71.2 Å². The first-order valence-corrected chi connectivity index (χ1v) is 11.9. The molecule has 6 nitrogen and oxygen atoms in total. The lowest BCUT2D eigenvalue weighted by atomic mass is 9.77. The van der Waals surface area contributed by atoms with E-state index in [1.165, 1.54) is 24.3 Å². The van der Waals surface area contributed by atoms with Crippen LogP contribution < -0.4 is 4.90 Å². The highest BCUT2D eigenvalue weighted by atomic mass is 79.9. The molecule has 0 aromatic heterocycles. The van der Waals surface area contributed by atoms with E-state index in [1.54, 1.807) is 36.4 Å². The number of Topliss-reactive ketones (excluding diaryl/α,β-unsaturated/α-hetero) is 2. The van der Waals surface area contributed by atoms with Crippen molar-refractivity contribution in [3.05, 3.63) is 98.7 Å². The number of ketones is 2. The van der Waals surface area contributed by atoms with Gasteiger partial charge in [-0.05, 0) is 35.9 Å². The van der Waals surface area contributed by atoms with Crippen LogP contribution in [0, 0.1) is 17.7 Å². The van der Waals surface area contributed by atoms with E-state index in [9.17, 15) is 23.6 Å². The Hall–Kier alpha value is -3.20. The molecular weight excluding hydrogens is 541 g/mol. The number of rotatable bonds is 2. The molecule has 1 spiro atoms. The van der Waals surface area contributed by atoms with E-state index in [2.05, 4.69) is 15.9 Å². The summed E-state index contributed by atoms with van der Waals surface area (Å²) in [7, 11) is 0. The molecule has 35 heavy (non-hydrogen) atoms. The summed E-state index contributed by atoms with van der Waals surface area (Å²) in [4.78, 5) is 55.8. The van der Waals surface area contributed by atoms with Gasteiger partial charge in [-0.1, -0.05) is 63.9 Å². The Kier molecular flexibility index (Phi) is 4.87. The second-order valence-corrected chi connectivity index (χ2v) is 9.97. The van der Waals surface area contributed by atoms with Crippen LogP contribution >= 0.6 is 27.5 Å². The lowest BCUT2D eigenvalue weighted by molar-refractivity contribution is -0.127. The number of nitrogens with zero attached hydrogens (tertiary/aromatic N) is 1. The monoisotopic (exact) mass is 553 g/mol. The number of hydrogen-bond acceptors (Lipinski definition) is 5. The third-order valence-electron chi connectivity index (χ3n) is 6.86. The normalized spacial score (nSPS) is 24.4. The molecular formula is C26H14BrClFNO5. The van der Waals surface area contributed by atoms with Crippen molar-refractivity contribution < 1.29 is 28.3 Å². The fraction of sp³-hybridized carbons (Fsp3) is 0.154. The second kappa shape index (κ2) is 7.65. The van der Waals surface area contributed by atoms with Crippen LogP contribution in [0.1, 0.15) is 32.4 Å². The second-order valence-electron chi connectivity index (χ2n) is 8.65. The first-order chi connectivity index (χ1) is 16.8. The number of halogens is 3. The molecule has 3 aliphatic rings. The fourth-order valence-electron chi connectivity index (χ4n) is 5.38. The van der Waals surface area contributed by atoms with Crippen LogP contribution in [0.3, 0.4) is 0 Å². The Morgan fingerprint density at radius 3 is 2.20 bits per heavy atom. The minimum Gasteiger partial charge on any atom is -0.349 e. The zero-order valence-electron chi connectivity index (χ0n) is 17.7. The van der Waals surface area contributed by atoms with Gasteiger partial charge in [0.2, 0.25) is 29.0 Å². The molecule has 0 unspecified atom stereocenters. The summed E-state index contributed by atoms with van der Waals surface area (Å²) < 4.78 is 20.7. The van der Waals surface area contributed by atoms with Crippen molar-refractivity contribution in [3.63, 3.8) is 0 Å². The molecule has 1 aliphatic carbocycles. The van der Waals surface area contributed by atoms with Crippen molar-refractivity contribution in [1.82, 2.24) is 0 Å². The molecule has 2 fully saturated rings.